The molecule has 1 fully saturated rings. The van der Waals surface area contributed by atoms with E-state index < -0.39 is 12.0 Å². The van der Waals surface area contributed by atoms with Gasteiger partial charge in [0.2, 0.25) is 5.91 Å². The monoisotopic (exact) mass is 299 g/mol. The summed E-state index contributed by atoms with van der Waals surface area (Å²) in [5.41, 5.74) is 0. The van der Waals surface area contributed by atoms with Crippen LogP contribution in [0.3, 0.4) is 0 Å². The Morgan fingerprint density at radius 1 is 1.29 bits per heavy atom. The predicted molar refractivity (Wildman–Crippen MR) is 77.8 cm³/mol. The van der Waals surface area contributed by atoms with Gasteiger partial charge in [0, 0.05) is 26.1 Å². The van der Waals surface area contributed by atoms with Crippen LogP contribution in [0.4, 0.5) is 4.79 Å². The molecule has 3 N–H and O–H groups in total. The molecule has 0 spiro atoms. The van der Waals surface area contributed by atoms with E-state index in [-0.39, 0.29) is 17.9 Å². The second-order valence-electron chi connectivity index (χ2n) is 5.36. The number of nitrogens with zero attached hydrogens (tertiary/aromatic N) is 1. The van der Waals surface area contributed by atoms with Crippen molar-refractivity contribution < 1.29 is 19.5 Å². The van der Waals surface area contributed by atoms with Gasteiger partial charge in [0.05, 0.1) is 0 Å². The molecule has 0 saturated carbocycles. The molecule has 0 aromatic carbocycles. The van der Waals surface area contributed by atoms with Gasteiger partial charge < -0.3 is 20.6 Å². The number of unbranched alkanes of at least 4 members (excludes halogenated alkanes) is 1. The fourth-order valence-corrected chi connectivity index (χ4v) is 2.45. The summed E-state index contributed by atoms with van der Waals surface area (Å²) in [7, 11) is 1.60. The first-order valence-corrected chi connectivity index (χ1v) is 7.49. The van der Waals surface area contributed by atoms with Crippen LogP contribution in [0, 0.1) is 5.92 Å². The summed E-state index contributed by atoms with van der Waals surface area (Å²) in [4.78, 5) is 36.3. The first-order valence-electron chi connectivity index (χ1n) is 7.49. The van der Waals surface area contributed by atoms with E-state index in [0.29, 0.717) is 32.4 Å². The van der Waals surface area contributed by atoms with Crippen molar-refractivity contribution in [2.24, 2.45) is 5.92 Å². The highest BCUT2D eigenvalue weighted by Gasteiger charge is 2.28. The molecule has 0 aromatic heterocycles. The number of hydrogen-bond acceptors (Lipinski definition) is 3. The summed E-state index contributed by atoms with van der Waals surface area (Å²) in [6, 6.07) is -1.19. The summed E-state index contributed by atoms with van der Waals surface area (Å²) in [5, 5.41) is 14.3. The number of carboxylic acid groups (broad SMARTS) is 1. The molecule has 1 saturated heterocycles. The van der Waals surface area contributed by atoms with Crippen molar-refractivity contribution in [1.29, 1.82) is 0 Å². The molecule has 0 aromatic rings. The number of aliphatic carboxylic acids is 1. The van der Waals surface area contributed by atoms with E-state index in [1.54, 1.807) is 11.9 Å². The zero-order valence-electron chi connectivity index (χ0n) is 12.7. The van der Waals surface area contributed by atoms with Crippen LogP contribution in [-0.2, 0) is 9.59 Å². The zero-order chi connectivity index (χ0) is 15.8. The number of carbonyl (C=O) groups is 3. The molecule has 1 heterocycles. The highest BCUT2D eigenvalue weighted by Crippen LogP contribution is 2.17. The molecule has 1 atom stereocenters. The molecule has 1 aliphatic rings. The second kappa shape index (κ2) is 8.49. The van der Waals surface area contributed by atoms with Crippen LogP contribution in [0.1, 0.15) is 39.0 Å². The van der Waals surface area contributed by atoms with Crippen molar-refractivity contribution in [2.45, 2.75) is 45.1 Å². The lowest BCUT2D eigenvalue weighted by Gasteiger charge is -2.32. The number of likely N-dealkylation sites (tertiary alicyclic amines) is 1. The van der Waals surface area contributed by atoms with E-state index in [9.17, 15) is 14.4 Å². The second-order valence-corrected chi connectivity index (χ2v) is 5.36. The number of carboxylic acids is 1. The summed E-state index contributed by atoms with van der Waals surface area (Å²) >= 11 is 0. The lowest BCUT2D eigenvalue weighted by molar-refractivity contribution is -0.139. The molecule has 3 amide bonds. The maximum absolute atomic E-state index is 12.1. The molecular formula is C14H25N3O4. The number of nitrogens with one attached hydrogen (secondary N) is 2. The highest BCUT2D eigenvalue weighted by atomic mass is 16.4. The molecule has 0 bridgehead atoms. The molecule has 0 unspecified atom stereocenters. The van der Waals surface area contributed by atoms with Gasteiger partial charge in [-0.25, -0.2) is 9.59 Å². The SMILES string of the molecule is CCCC[C@H](NC(=O)N1CCC(C(=O)NC)CC1)C(=O)O. The van der Waals surface area contributed by atoms with Crippen molar-refractivity contribution in [3.8, 4) is 0 Å². The van der Waals surface area contributed by atoms with Crippen LogP contribution in [0.25, 0.3) is 0 Å². The Balaban J connectivity index is 2.45. The highest BCUT2D eigenvalue weighted by molar-refractivity contribution is 5.83. The van der Waals surface area contributed by atoms with E-state index in [2.05, 4.69) is 10.6 Å². The van der Waals surface area contributed by atoms with E-state index in [1.807, 2.05) is 6.92 Å². The van der Waals surface area contributed by atoms with Gasteiger partial charge in [-0.2, -0.15) is 0 Å². The fraction of sp³-hybridized carbons (Fsp3) is 0.786. The van der Waals surface area contributed by atoms with Crippen molar-refractivity contribution in [3.63, 3.8) is 0 Å². The predicted octanol–water partition coefficient (Wildman–Crippen LogP) is 0.797. The Hall–Kier alpha value is -1.79. The number of carbonyl (C=O) groups excluding carboxylic acids is 2. The molecule has 1 rings (SSSR count). The number of hydrogen-bond donors (Lipinski definition) is 3. The Morgan fingerprint density at radius 2 is 1.90 bits per heavy atom. The molecule has 0 radical (unpaired) electrons. The molecule has 120 valence electrons. The fourth-order valence-electron chi connectivity index (χ4n) is 2.45. The van der Waals surface area contributed by atoms with E-state index >= 15 is 0 Å². The number of rotatable bonds is 6. The van der Waals surface area contributed by atoms with Gasteiger partial charge in [-0.15, -0.1) is 0 Å². The van der Waals surface area contributed by atoms with Gasteiger partial charge in [0.15, 0.2) is 0 Å². The van der Waals surface area contributed by atoms with Crippen LogP contribution in [-0.4, -0.2) is 54.1 Å². The number of amides is 3. The third kappa shape index (κ3) is 5.24. The quantitative estimate of drug-likeness (QED) is 0.675. The Bertz CT molecular complexity index is 378. The third-order valence-electron chi connectivity index (χ3n) is 3.84. The summed E-state index contributed by atoms with van der Waals surface area (Å²) in [6.45, 7) is 2.93. The molecule has 21 heavy (non-hydrogen) atoms. The van der Waals surface area contributed by atoms with E-state index in [1.165, 1.54) is 0 Å². The number of piperidine rings is 1. The molecule has 1 aliphatic heterocycles. The minimum absolute atomic E-state index is 0.00131. The first kappa shape index (κ1) is 17.3. The third-order valence-corrected chi connectivity index (χ3v) is 3.84. The van der Waals surface area contributed by atoms with Crippen LogP contribution in [0.15, 0.2) is 0 Å². The molecule has 0 aliphatic carbocycles. The Kier molecular flexibility index (Phi) is 6.98. The Labute approximate surface area is 125 Å². The standard InChI is InChI=1S/C14H25N3O4/c1-3-4-5-11(13(19)20)16-14(21)17-8-6-10(7-9-17)12(18)15-2/h10-11H,3-9H2,1-2H3,(H,15,18)(H,16,21)(H,19,20)/t11-/m0/s1. The van der Waals surface area contributed by atoms with Crippen LogP contribution < -0.4 is 10.6 Å². The largest absolute Gasteiger partial charge is 0.480 e. The minimum Gasteiger partial charge on any atom is -0.480 e. The van der Waals surface area contributed by atoms with E-state index in [0.717, 1.165) is 12.8 Å². The zero-order valence-corrected chi connectivity index (χ0v) is 12.7. The summed E-state index contributed by atoms with van der Waals surface area (Å²) < 4.78 is 0. The van der Waals surface area contributed by atoms with Crippen molar-refractivity contribution in [3.05, 3.63) is 0 Å². The summed E-state index contributed by atoms with van der Waals surface area (Å²) in [5.74, 6) is -1.06. The molecular weight excluding hydrogens is 274 g/mol. The smallest absolute Gasteiger partial charge is 0.326 e. The maximum atomic E-state index is 12.1. The molecule has 7 nitrogen and oxygen atoms in total. The average molecular weight is 299 g/mol. The average Bonchev–Trinajstić information content (AvgIpc) is 2.50. The number of urea groups is 1. The van der Waals surface area contributed by atoms with Crippen LogP contribution >= 0.6 is 0 Å². The maximum Gasteiger partial charge on any atom is 0.326 e. The topological polar surface area (TPSA) is 98.7 Å². The lowest BCUT2D eigenvalue weighted by Crippen LogP contribution is -2.51. The van der Waals surface area contributed by atoms with Crippen LogP contribution in [0.2, 0.25) is 0 Å². The van der Waals surface area contributed by atoms with Gasteiger partial charge in [-0.3, -0.25) is 4.79 Å². The van der Waals surface area contributed by atoms with Crippen molar-refractivity contribution >= 4 is 17.9 Å². The van der Waals surface area contributed by atoms with Gasteiger partial charge >= 0.3 is 12.0 Å². The van der Waals surface area contributed by atoms with Gasteiger partial charge in [-0.1, -0.05) is 19.8 Å². The Morgan fingerprint density at radius 3 is 2.38 bits per heavy atom. The summed E-state index contributed by atoms with van der Waals surface area (Å²) in [6.07, 6.45) is 3.30. The lowest BCUT2D eigenvalue weighted by atomic mass is 9.96. The molecule has 7 heteroatoms. The van der Waals surface area contributed by atoms with E-state index in [4.69, 9.17) is 5.11 Å². The first-order chi connectivity index (χ1) is 9.99. The van der Waals surface area contributed by atoms with Crippen molar-refractivity contribution in [2.75, 3.05) is 20.1 Å². The van der Waals surface area contributed by atoms with Crippen LogP contribution in [0.5, 0.6) is 0 Å². The van der Waals surface area contributed by atoms with Gasteiger partial charge in [0.25, 0.3) is 0 Å². The van der Waals surface area contributed by atoms with Crippen molar-refractivity contribution in [1.82, 2.24) is 15.5 Å². The van der Waals surface area contributed by atoms with Gasteiger partial charge in [0.1, 0.15) is 6.04 Å². The minimum atomic E-state index is -1.00. The van der Waals surface area contributed by atoms with Gasteiger partial charge in [-0.05, 0) is 19.3 Å². The normalized spacial score (nSPS) is 17.1.